The number of pyridine rings is 1. The lowest BCUT2D eigenvalue weighted by Crippen LogP contribution is -2.33. The first-order chi connectivity index (χ1) is 10.8. The Bertz CT molecular complexity index is 662. The van der Waals surface area contributed by atoms with E-state index >= 15 is 0 Å². The Hall–Kier alpha value is -0.870. The van der Waals surface area contributed by atoms with Crippen LogP contribution >= 0.6 is 15.2 Å². The molecule has 24 heavy (non-hydrogen) atoms. The molecule has 0 saturated heterocycles. The summed E-state index contributed by atoms with van der Waals surface area (Å²) in [6.07, 6.45) is 0.411. The van der Waals surface area contributed by atoms with Crippen molar-refractivity contribution in [1.82, 2.24) is 10.3 Å². The molecule has 1 heterocycles. The van der Waals surface area contributed by atoms with Crippen molar-refractivity contribution in [3.05, 3.63) is 23.0 Å². The molecule has 1 aromatic rings. The summed E-state index contributed by atoms with van der Waals surface area (Å²) in [4.78, 5) is 39.9. The van der Waals surface area contributed by atoms with Crippen LogP contribution in [0.4, 0.5) is 0 Å². The molecule has 0 aliphatic heterocycles. The molecule has 0 unspecified atom stereocenters. The van der Waals surface area contributed by atoms with E-state index in [1.807, 2.05) is 0 Å². The minimum Gasteiger partial charge on any atom is -0.506 e. The molecule has 1 rings (SSSR count). The van der Waals surface area contributed by atoms with Crippen molar-refractivity contribution < 1.29 is 44.0 Å². The van der Waals surface area contributed by atoms with E-state index in [1.54, 1.807) is 0 Å². The lowest BCUT2D eigenvalue weighted by Gasteiger charge is -2.29. The average molecular weight is 386 g/mol. The van der Waals surface area contributed by atoms with E-state index in [9.17, 15) is 24.4 Å². The molecule has 0 aromatic carbocycles. The first-order valence-electron chi connectivity index (χ1n) is 6.66. The molecular weight excluding hydrogens is 366 g/mol. The van der Waals surface area contributed by atoms with Crippen LogP contribution < -0.4 is 5.32 Å². The second-order valence-electron chi connectivity index (χ2n) is 5.14. The van der Waals surface area contributed by atoms with Crippen molar-refractivity contribution in [2.45, 2.75) is 31.6 Å². The molecule has 0 aliphatic carbocycles. The Kier molecular flexibility index (Phi) is 6.68. The number of nitrogens with one attached hydrogen (secondary N) is 1. The molecule has 0 spiro atoms. The van der Waals surface area contributed by atoms with Gasteiger partial charge in [-0.3, -0.25) is 14.1 Å². The molecule has 0 saturated carbocycles. The highest BCUT2D eigenvalue weighted by Gasteiger charge is 2.58. The van der Waals surface area contributed by atoms with Crippen LogP contribution in [0, 0.1) is 6.92 Å². The highest BCUT2D eigenvalue weighted by molar-refractivity contribution is 7.72. The van der Waals surface area contributed by atoms with Crippen LogP contribution in [0.2, 0.25) is 0 Å². The normalized spacial score (nSPS) is 13.3. The summed E-state index contributed by atoms with van der Waals surface area (Å²) in [7, 11) is -11.0. The highest BCUT2D eigenvalue weighted by atomic mass is 31.2. The standard InChI is InChI=1S/C11H20N2O9P2/c1-7-10(15)9(8(6-14)4-13-7)5-12-3-2-11(16,23(17,18)19)24(20,21)22/h4,12,14-16H,2-3,5-6H2,1H3,(H2,17,18,19)(H2,20,21,22). The molecule has 138 valence electrons. The first kappa shape index (κ1) is 21.2. The lowest BCUT2D eigenvalue weighted by atomic mass is 10.1. The van der Waals surface area contributed by atoms with E-state index < -0.39 is 33.3 Å². The summed E-state index contributed by atoms with van der Waals surface area (Å²) in [5.74, 6) is -0.186. The Morgan fingerprint density at radius 3 is 2.21 bits per heavy atom. The van der Waals surface area contributed by atoms with Gasteiger partial charge in [-0.15, -0.1) is 0 Å². The van der Waals surface area contributed by atoms with Crippen molar-refractivity contribution in [2.24, 2.45) is 0 Å². The van der Waals surface area contributed by atoms with Gasteiger partial charge in [0.25, 0.3) is 5.08 Å². The van der Waals surface area contributed by atoms with Crippen molar-refractivity contribution >= 4 is 15.2 Å². The average Bonchev–Trinajstić information content (AvgIpc) is 2.45. The van der Waals surface area contributed by atoms with E-state index in [4.69, 9.17) is 19.6 Å². The number of aliphatic hydroxyl groups excluding tert-OH is 1. The van der Waals surface area contributed by atoms with Crippen LogP contribution in [0.5, 0.6) is 5.75 Å². The summed E-state index contributed by atoms with van der Waals surface area (Å²) in [5.41, 5.74) is 0.887. The van der Waals surface area contributed by atoms with Gasteiger partial charge in [0, 0.05) is 30.3 Å². The highest BCUT2D eigenvalue weighted by Crippen LogP contribution is 2.68. The second-order valence-corrected chi connectivity index (χ2v) is 9.15. The molecule has 0 aliphatic rings. The monoisotopic (exact) mass is 386 g/mol. The number of aromatic nitrogens is 1. The Morgan fingerprint density at radius 2 is 1.75 bits per heavy atom. The van der Waals surface area contributed by atoms with Gasteiger partial charge in [0.1, 0.15) is 5.75 Å². The maximum Gasteiger partial charge on any atom is 0.369 e. The van der Waals surface area contributed by atoms with Crippen LogP contribution in [-0.2, 0) is 22.3 Å². The van der Waals surface area contributed by atoms with E-state index in [0.717, 1.165) is 0 Å². The quantitative estimate of drug-likeness (QED) is 0.203. The largest absolute Gasteiger partial charge is 0.506 e. The number of aromatic hydroxyl groups is 1. The lowest BCUT2D eigenvalue weighted by molar-refractivity contribution is 0.123. The SMILES string of the molecule is Cc1ncc(CO)c(CNCCC(O)(P(=O)(O)O)P(=O)(O)O)c1O. The van der Waals surface area contributed by atoms with Crippen molar-refractivity contribution in [3.8, 4) is 5.75 Å². The van der Waals surface area contributed by atoms with E-state index in [-0.39, 0.29) is 24.4 Å². The number of hydrogen-bond donors (Lipinski definition) is 8. The summed E-state index contributed by atoms with van der Waals surface area (Å²) >= 11 is 0. The molecule has 0 atom stereocenters. The Balaban J connectivity index is 2.84. The third-order valence-electron chi connectivity index (χ3n) is 3.47. The van der Waals surface area contributed by atoms with Crippen molar-refractivity contribution in [1.29, 1.82) is 0 Å². The Labute approximate surface area is 137 Å². The zero-order valence-electron chi connectivity index (χ0n) is 12.7. The number of hydrogen-bond acceptors (Lipinski definition) is 7. The molecule has 0 fully saturated rings. The van der Waals surface area contributed by atoms with Crippen molar-refractivity contribution in [3.63, 3.8) is 0 Å². The third-order valence-corrected chi connectivity index (χ3v) is 7.35. The van der Waals surface area contributed by atoms with Gasteiger partial charge in [0.15, 0.2) is 0 Å². The predicted octanol–water partition coefficient (Wildman–Crippen LogP) is -0.931. The zero-order chi connectivity index (χ0) is 18.8. The van der Waals surface area contributed by atoms with E-state index in [1.165, 1.54) is 13.1 Å². The van der Waals surface area contributed by atoms with Gasteiger partial charge >= 0.3 is 15.2 Å². The van der Waals surface area contributed by atoms with Crippen LogP contribution in [-0.4, -0.2) is 51.5 Å². The minimum atomic E-state index is -5.50. The fourth-order valence-electron chi connectivity index (χ4n) is 1.95. The van der Waals surface area contributed by atoms with Gasteiger partial charge in [0.2, 0.25) is 0 Å². The third kappa shape index (κ3) is 4.40. The molecule has 0 radical (unpaired) electrons. The van der Waals surface area contributed by atoms with E-state index in [2.05, 4.69) is 10.3 Å². The summed E-state index contributed by atoms with van der Waals surface area (Å²) in [6, 6.07) is 0. The summed E-state index contributed by atoms with van der Waals surface area (Å²) in [6.45, 7) is 0.662. The summed E-state index contributed by atoms with van der Waals surface area (Å²) < 4.78 is 22.4. The van der Waals surface area contributed by atoms with E-state index in [0.29, 0.717) is 11.3 Å². The fraction of sp³-hybridized carbons (Fsp3) is 0.545. The zero-order valence-corrected chi connectivity index (χ0v) is 14.5. The number of rotatable bonds is 8. The number of aliphatic hydroxyl groups is 2. The van der Waals surface area contributed by atoms with Gasteiger partial charge < -0.3 is 40.2 Å². The minimum absolute atomic E-state index is 0.0799. The van der Waals surface area contributed by atoms with Crippen molar-refractivity contribution in [2.75, 3.05) is 6.54 Å². The van der Waals surface area contributed by atoms with Gasteiger partial charge in [0.05, 0.1) is 12.3 Å². The number of nitrogens with zero attached hydrogens (tertiary/aromatic N) is 1. The summed E-state index contributed by atoms with van der Waals surface area (Å²) in [5, 5.41) is 27.9. The number of aryl methyl sites for hydroxylation is 1. The fourth-order valence-corrected chi connectivity index (χ4v) is 4.11. The maximum atomic E-state index is 11.2. The molecule has 13 heteroatoms. The molecule has 0 amide bonds. The van der Waals surface area contributed by atoms with Crippen LogP contribution in [0.25, 0.3) is 0 Å². The van der Waals surface area contributed by atoms with Crippen LogP contribution in [0.1, 0.15) is 23.2 Å². The smallest absolute Gasteiger partial charge is 0.369 e. The Morgan fingerprint density at radius 1 is 1.21 bits per heavy atom. The molecule has 1 aromatic heterocycles. The van der Waals surface area contributed by atoms with Crippen LogP contribution in [0.3, 0.4) is 0 Å². The molecule has 8 N–H and O–H groups in total. The van der Waals surface area contributed by atoms with Gasteiger partial charge in [-0.2, -0.15) is 0 Å². The molecular formula is C11H20N2O9P2. The molecule has 0 bridgehead atoms. The van der Waals surface area contributed by atoms with Gasteiger partial charge in [-0.05, 0) is 13.5 Å². The van der Waals surface area contributed by atoms with Gasteiger partial charge in [-0.1, -0.05) is 0 Å². The van der Waals surface area contributed by atoms with Gasteiger partial charge in [-0.25, -0.2) is 0 Å². The second kappa shape index (κ2) is 7.57. The topological polar surface area (TPSA) is 201 Å². The predicted molar refractivity (Wildman–Crippen MR) is 81.9 cm³/mol. The maximum absolute atomic E-state index is 11.2. The van der Waals surface area contributed by atoms with Crippen LogP contribution in [0.15, 0.2) is 6.20 Å². The molecule has 11 nitrogen and oxygen atoms in total. The first-order valence-corrected chi connectivity index (χ1v) is 9.89.